The molecule has 0 bridgehead atoms. The van der Waals surface area contributed by atoms with Gasteiger partial charge in [-0.15, -0.1) is 0 Å². The van der Waals surface area contributed by atoms with Crippen molar-refractivity contribution in [1.82, 2.24) is 9.88 Å². The fraction of sp³-hybridized carbons (Fsp3) is 0.412. The third-order valence-corrected chi connectivity index (χ3v) is 5.15. The first-order valence-electron chi connectivity index (χ1n) is 7.85. The van der Waals surface area contributed by atoms with Gasteiger partial charge in [0, 0.05) is 36.4 Å². The second-order valence-corrected chi connectivity index (χ2v) is 6.79. The predicted molar refractivity (Wildman–Crippen MR) is 93.1 cm³/mol. The molecule has 0 aliphatic carbocycles. The number of para-hydroxylation sites is 1. The molecule has 6 heteroatoms. The minimum Gasteiger partial charge on any atom is -0.371 e. The fourth-order valence-corrected chi connectivity index (χ4v) is 3.66. The van der Waals surface area contributed by atoms with Crippen LogP contribution in [0.5, 0.6) is 0 Å². The highest BCUT2D eigenvalue weighted by atomic mass is 32.1. The number of anilines is 1. The number of benzene rings is 1. The van der Waals surface area contributed by atoms with Crippen LogP contribution in [0.2, 0.25) is 0 Å². The molecule has 1 aliphatic heterocycles. The van der Waals surface area contributed by atoms with Crippen LogP contribution < -0.4 is 15.1 Å². The van der Waals surface area contributed by atoms with Gasteiger partial charge in [0.2, 0.25) is 5.91 Å². The molecule has 0 spiro atoms. The zero-order valence-corrected chi connectivity index (χ0v) is 14.0. The summed E-state index contributed by atoms with van der Waals surface area (Å²) in [6.07, 6.45) is 1.08. The first-order chi connectivity index (χ1) is 11.1. The molecule has 0 saturated carbocycles. The molecule has 0 radical (unpaired) electrons. The Morgan fingerprint density at radius 3 is 2.83 bits per heavy atom. The number of amides is 1. The quantitative estimate of drug-likeness (QED) is 0.910. The Balaban J connectivity index is 1.48. The van der Waals surface area contributed by atoms with Gasteiger partial charge in [0.1, 0.15) is 6.54 Å². The normalized spacial score (nSPS) is 17.4. The second-order valence-electron chi connectivity index (χ2n) is 5.97. The Kier molecular flexibility index (Phi) is 4.81. The summed E-state index contributed by atoms with van der Waals surface area (Å²) in [6.45, 7) is 4.61. The molecule has 23 heavy (non-hydrogen) atoms. The number of rotatable bonds is 5. The van der Waals surface area contributed by atoms with Crippen molar-refractivity contribution in [2.75, 3.05) is 24.5 Å². The lowest BCUT2D eigenvalue weighted by molar-refractivity contribution is -0.121. The van der Waals surface area contributed by atoms with Gasteiger partial charge >= 0.3 is 4.87 Å². The lowest BCUT2D eigenvalue weighted by Gasteiger charge is -2.18. The van der Waals surface area contributed by atoms with Crippen LogP contribution in [0.4, 0.5) is 5.69 Å². The minimum atomic E-state index is -0.0910. The maximum atomic E-state index is 12.0. The van der Waals surface area contributed by atoms with E-state index < -0.39 is 0 Å². The van der Waals surface area contributed by atoms with E-state index in [0.29, 0.717) is 12.5 Å². The van der Waals surface area contributed by atoms with E-state index in [4.69, 9.17) is 0 Å². The van der Waals surface area contributed by atoms with Crippen molar-refractivity contribution in [3.05, 3.63) is 51.1 Å². The Hall–Kier alpha value is -2.08. The number of aromatic nitrogens is 1. The Morgan fingerprint density at radius 1 is 1.35 bits per heavy atom. The van der Waals surface area contributed by atoms with Crippen LogP contribution in [0, 0.1) is 12.8 Å². The maximum Gasteiger partial charge on any atom is 0.307 e. The molecule has 122 valence electrons. The summed E-state index contributed by atoms with van der Waals surface area (Å²) in [4.78, 5) is 26.0. The molecule has 1 aliphatic rings. The van der Waals surface area contributed by atoms with Gasteiger partial charge in [0.25, 0.3) is 0 Å². The first kappa shape index (κ1) is 15.8. The van der Waals surface area contributed by atoms with Crippen molar-refractivity contribution in [2.45, 2.75) is 19.9 Å². The van der Waals surface area contributed by atoms with Gasteiger partial charge in [0.15, 0.2) is 0 Å². The highest BCUT2D eigenvalue weighted by Gasteiger charge is 2.23. The van der Waals surface area contributed by atoms with Crippen LogP contribution in [-0.2, 0) is 11.3 Å². The van der Waals surface area contributed by atoms with Gasteiger partial charge in [-0.1, -0.05) is 29.5 Å². The average Bonchev–Trinajstić information content (AvgIpc) is 3.16. The molecular weight excluding hydrogens is 310 g/mol. The van der Waals surface area contributed by atoms with E-state index >= 15 is 0 Å². The van der Waals surface area contributed by atoms with Crippen molar-refractivity contribution >= 4 is 22.9 Å². The van der Waals surface area contributed by atoms with Crippen molar-refractivity contribution < 1.29 is 4.79 Å². The molecule has 2 aromatic rings. The van der Waals surface area contributed by atoms with Gasteiger partial charge in [-0.25, -0.2) is 0 Å². The summed E-state index contributed by atoms with van der Waals surface area (Å²) >= 11 is 1.14. The summed E-state index contributed by atoms with van der Waals surface area (Å²) in [5, 5.41) is 4.75. The average molecular weight is 331 g/mol. The van der Waals surface area contributed by atoms with Crippen molar-refractivity contribution in [2.24, 2.45) is 5.92 Å². The van der Waals surface area contributed by atoms with Crippen molar-refractivity contribution in [1.29, 1.82) is 0 Å². The molecule has 1 N–H and O–H groups in total. The first-order valence-corrected chi connectivity index (χ1v) is 8.73. The zero-order chi connectivity index (χ0) is 16.2. The third kappa shape index (κ3) is 3.82. The zero-order valence-electron chi connectivity index (χ0n) is 13.2. The summed E-state index contributed by atoms with van der Waals surface area (Å²) in [6, 6.07) is 10.3. The molecule has 2 heterocycles. The summed E-state index contributed by atoms with van der Waals surface area (Å²) in [7, 11) is 0. The van der Waals surface area contributed by atoms with E-state index in [1.807, 2.05) is 25.1 Å². The van der Waals surface area contributed by atoms with E-state index in [1.54, 1.807) is 5.38 Å². The van der Waals surface area contributed by atoms with Crippen LogP contribution >= 0.6 is 11.3 Å². The molecule has 1 unspecified atom stereocenters. The highest BCUT2D eigenvalue weighted by molar-refractivity contribution is 7.07. The Labute approximate surface area is 139 Å². The van der Waals surface area contributed by atoms with Crippen molar-refractivity contribution in [3.8, 4) is 0 Å². The number of carbonyl (C=O) groups is 1. The van der Waals surface area contributed by atoms with Crippen LogP contribution in [0.15, 0.2) is 40.5 Å². The van der Waals surface area contributed by atoms with Gasteiger partial charge in [0.05, 0.1) is 0 Å². The van der Waals surface area contributed by atoms with Crippen LogP contribution in [0.1, 0.15) is 12.1 Å². The SMILES string of the molecule is Cc1csc(=O)n1CC(=O)NCC1CCN(c2ccccc2)C1. The summed E-state index contributed by atoms with van der Waals surface area (Å²) in [5.41, 5.74) is 2.08. The number of aryl methyl sites for hydroxylation is 1. The topological polar surface area (TPSA) is 54.3 Å². The smallest absolute Gasteiger partial charge is 0.307 e. The fourth-order valence-electron chi connectivity index (χ4n) is 2.93. The van der Waals surface area contributed by atoms with Gasteiger partial charge in [-0.2, -0.15) is 0 Å². The van der Waals surface area contributed by atoms with Crippen molar-refractivity contribution in [3.63, 3.8) is 0 Å². The number of nitrogens with zero attached hydrogens (tertiary/aromatic N) is 2. The van der Waals surface area contributed by atoms with E-state index in [-0.39, 0.29) is 17.3 Å². The van der Waals surface area contributed by atoms with Gasteiger partial charge < -0.3 is 10.2 Å². The third-order valence-electron chi connectivity index (χ3n) is 4.27. The van der Waals surface area contributed by atoms with Crippen LogP contribution in [0.3, 0.4) is 0 Å². The molecule has 1 atom stereocenters. The lowest BCUT2D eigenvalue weighted by atomic mass is 10.1. The maximum absolute atomic E-state index is 12.0. The van der Waals surface area contributed by atoms with E-state index in [9.17, 15) is 9.59 Å². The lowest BCUT2D eigenvalue weighted by Crippen LogP contribution is -2.35. The number of hydrogen-bond acceptors (Lipinski definition) is 4. The number of carbonyl (C=O) groups excluding carboxylic acids is 1. The summed E-state index contributed by atoms with van der Waals surface area (Å²) in [5.74, 6) is 0.367. The van der Waals surface area contributed by atoms with Gasteiger partial charge in [-0.05, 0) is 31.4 Å². The molecule has 5 nitrogen and oxygen atoms in total. The number of nitrogens with one attached hydrogen (secondary N) is 1. The standard InChI is InChI=1S/C17H21N3O2S/c1-13-12-23-17(22)20(13)11-16(21)18-9-14-7-8-19(10-14)15-5-3-2-4-6-15/h2-6,12,14H,7-11H2,1H3,(H,18,21). The monoisotopic (exact) mass is 331 g/mol. The Bertz CT molecular complexity index is 723. The van der Waals surface area contributed by atoms with E-state index in [1.165, 1.54) is 10.3 Å². The largest absolute Gasteiger partial charge is 0.371 e. The molecule has 1 aromatic carbocycles. The second kappa shape index (κ2) is 7.00. The predicted octanol–water partition coefficient (Wildman–Crippen LogP) is 1.86. The molecular formula is C17H21N3O2S. The van der Waals surface area contributed by atoms with Crippen LogP contribution in [-0.4, -0.2) is 30.1 Å². The molecule has 1 fully saturated rings. The highest BCUT2D eigenvalue weighted by Crippen LogP contribution is 2.22. The molecule has 1 saturated heterocycles. The van der Waals surface area contributed by atoms with E-state index in [0.717, 1.165) is 36.5 Å². The molecule has 3 rings (SSSR count). The number of hydrogen-bond donors (Lipinski definition) is 1. The Morgan fingerprint density at radius 2 is 2.13 bits per heavy atom. The number of thiazole rings is 1. The molecule has 1 amide bonds. The summed E-state index contributed by atoms with van der Waals surface area (Å²) < 4.78 is 1.52. The van der Waals surface area contributed by atoms with E-state index in [2.05, 4.69) is 22.3 Å². The minimum absolute atomic E-state index is 0.0752. The van der Waals surface area contributed by atoms with Gasteiger partial charge in [-0.3, -0.25) is 14.2 Å². The molecule has 1 aromatic heterocycles. The van der Waals surface area contributed by atoms with Crippen LogP contribution in [0.25, 0.3) is 0 Å².